The number of hydrogen-bond acceptors (Lipinski definition) is 5. The van der Waals surface area contributed by atoms with Crippen molar-refractivity contribution in [1.29, 1.82) is 0 Å². The van der Waals surface area contributed by atoms with Crippen molar-refractivity contribution in [3.05, 3.63) is 163 Å². The molecular weight excluding hydrogens is 568 g/mol. The minimum absolute atomic E-state index is 0.0909. The van der Waals surface area contributed by atoms with E-state index in [1.165, 1.54) is 0 Å². The van der Waals surface area contributed by atoms with Gasteiger partial charge in [0.2, 0.25) is 0 Å². The molecule has 226 valence electrons. The highest BCUT2D eigenvalue weighted by Crippen LogP contribution is 2.41. The van der Waals surface area contributed by atoms with Gasteiger partial charge in [0, 0.05) is 23.2 Å². The summed E-state index contributed by atoms with van der Waals surface area (Å²) < 4.78 is 8.30. The molecule has 3 heterocycles. The van der Waals surface area contributed by atoms with E-state index in [4.69, 9.17) is 19.9 Å². The lowest BCUT2D eigenvalue weighted by molar-refractivity contribution is 0.0205. The fourth-order valence-corrected chi connectivity index (χ4v) is 6.76. The third kappa shape index (κ3) is 4.86. The number of ether oxygens (including phenoxy) is 1. The number of fused-ring (bicyclic) bond motifs is 1. The third-order valence-corrected chi connectivity index (χ3v) is 8.92. The van der Waals surface area contributed by atoms with Gasteiger partial charge in [-0.05, 0) is 66.3 Å². The van der Waals surface area contributed by atoms with Gasteiger partial charge in [-0.25, -0.2) is 9.67 Å². The number of aromatic nitrogens is 5. The van der Waals surface area contributed by atoms with Gasteiger partial charge in [0.15, 0.2) is 11.6 Å². The lowest BCUT2D eigenvalue weighted by Gasteiger charge is -2.35. The number of rotatable bonds is 8. The van der Waals surface area contributed by atoms with Gasteiger partial charge < -0.3 is 4.74 Å². The van der Waals surface area contributed by atoms with E-state index >= 15 is 0 Å². The highest BCUT2D eigenvalue weighted by Gasteiger charge is 2.39. The second-order valence-corrected chi connectivity index (χ2v) is 11.7. The zero-order valence-electron chi connectivity index (χ0n) is 25.4. The van der Waals surface area contributed by atoms with Crippen LogP contribution in [0, 0.1) is 0 Å². The van der Waals surface area contributed by atoms with Gasteiger partial charge in [-0.3, -0.25) is 10.00 Å². The molecule has 0 spiro atoms. The van der Waals surface area contributed by atoms with Crippen LogP contribution in [0.4, 0.5) is 11.5 Å². The van der Waals surface area contributed by atoms with E-state index in [0.717, 1.165) is 70.5 Å². The minimum atomic E-state index is -0.734. The molecule has 8 rings (SSSR count). The average molecular weight is 603 g/mol. The Morgan fingerprint density at radius 3 is 1.91 bits per heavy atom. The Labute approximate surface area is 268 Å². The van der Waals surface area contributed by atoms with Crippen LogP contribution in [0.5, 0.6) is 0 Å². The molecule has 1 N–H and O–H groups in total. The molecule has 0 bridgehead atoms. The van der Waals surface area contributed by atoms with Gasteiger partial charge in [-0.2, -0.15) is 5.10 Å². The molecule has 7 aromatic rings. The van der Waals surface area contributed by atoms with Crippen LogP contribution in [0.2, 0.25) is 0 Å². The van der Waals surface area contributed by atoms with Crippen molar-refractivity contribution < 1.29 is 4.74 Å². The number of H-pyrrole nitrogens is 1. The quantitative estimate of drug-likeness (QED) is 0.177. The van der Waals surface area contributed by atoms with Crippen LogP contribution < -0.4 is 4.90 Å². The van der Waals surface area contributed by atoms with E-state index in [0.29, 0.717) is 5.82 Å². The van der Waals surface area contributed by atoms with Crippen LogP contribution in [-0.4, -0.2) is 37.8 Å². The standard InChI is InChI=1S/C39H34N6O/c1-5-15-30(16-6-1)39(31-17-7-2-8-18-31,32-19-9-3-10-20-32)44-28-40-37(43-44)29-24-25-35-34(27-29)38(42-41-35)45(33-21-11-4-12-22-33)36-23-13-14-26-46-36/h1-12,15-22,24-25,27-28,36H,13-14,23,26H2,(H,41,42). The molecule has 46 heavy (non-hydrogen) atoms. The molecule has 5 aromatic carbocycles. The molecule has 0 aliphatic carbocycles. The molecule has 0 radical (unpaired) electrons. The lowest BCUT2D eigenvalue weighted by atomic mass is 9.77. The maximum atomic E-state index is 6.29. The molecule has 2 aromatic heterocycles. The highest BCUT2D eigenvalue weighted by atomic mass is 16.5. The first-order valence-corrected chi connectivity index (χ1v) is 15.9. The number of benzene rings is 5. The van der Waals surface area contributed by atoms with Crippen molar-refractivity contribution in [2.24, 2.45) is 0 Å². The average Bonchev–Trinajstić information content (AvgIpc) is 3.80. The molecule has 1 atom stereocenters. The SMILES string of the molecule is c1ccc(N(c2n[nH]c3ccc(-c4ncn(C(c5ccccc5)(c5ccccc5)c5ccccc5)n4)cc23)C2CCCCO2)cc1. The number of anilines is 2. The highest BCUT2D eigenvalue weighted by molar-refractivity contribution is 5.94. The largest absolute Gasteiger partial charge is 0.358 e. The normalized spacial score (nSPS) is 15.2. The summed E-state index contributed by atoms with van der Waals surface area (Å²) in [5, 5.41) is 14.3. The Morgan fingerprint density at radius 2 is 1.33 bits per heavy atom. The summed E-state index contributed by atoms with van der Waals surface area (Å²) in [6.45, 7) is 0.745. The van der Waals surface area contributed by atoms with Gasteiger partial charge >= 0.3 is 0 Å². The smallest absolute Gasteiger partial charge is 0.181 e. The summed E-state index contributed by atoms with van der Waals surface area (Å²) in [6.07, 6.45) is 4.90. The Balaban J connectivity index is 1.27. The summed E-state index contributed by atoms with van der Waals surface area (Å²) in [4.78, 5) is 7.15. The fourth-order valence-electron chi connectivity index (χ4n) is 6.76. The van der Waals surface area contributed by atoms with E-state index in [2.05, 4.69) is 125 Å². The third-order valence-electron chi connectivity index (χ3n) is 8.92. The van der Waals surface area contributed by atoms with Crippen LogP contribution in [0.1, 0.15) is 36.0 Å². The van der Waals surface area contributed by atoms with E-state index in [-0.39, 0.29) is 6.23 Å². The number of aromatic amines is 1. The Morgan fingerprint density at radius 1 is 0.717 bits per heavy atom. The first kappa shape index (κ1) is 28.0. The lowest BCUT2D eigenvalue weighted by Crippen LogP contribution is -2.38. The summed E-state index contributed by atoms with van der Waals surface area (Å²) >= 11 is 0. The zero-order chi connectivity index (χ0) is 30.8. The number of para-hydroxylation sites is 1. The van der Waals surface area contributed by atoms with E-state index in [1.807, 2.05) is 35.3 Å². The maximum Gasteiger partial charge on any atom is 0.181 e. The van der Waals surface area contributed by atoms with Crippen LogP contribution in [0.3, 0.4) is 0 Å². The topological polar surface area (TPSA) is 71.9 Å². The summed E-state index contributed by atoms with van der Waals surface area (Å²) in [5.41, 5.74) is 5.47. The number of nitrogens with zero attached hydrogens (tertiary/aromatic N) is 5. The van der Waals surface area contributed by atoms with Crippen LogP contribution in [-0.2, 0) is 10.3 Å². The molecule has 1 saturated heterocycles. The Bertz CT molecular complexity index is 1940. The monoisotopic (exact) mass is 602 g/mol. The molecule has 7 heteroatoms. The predicted octanol–water partition coefficient (Wildman–Crippen LogP) is 8.33. The van der Waals surface area contributed by atoms with Crippen molar-refractivity contribution in [2.75, 3.05) is 11.5 Å². The second-order valence-electron chi connectivity index (χ2n) is 11.7. The molecule has 0 saturated carbocycles. The van der Waals surface area contributed by atoms with Crippen LogP contribution in [0.25, 0.3) is 22.3 Å². The van der Waals surface area contributed by atoms with Crippen molar-refractivity contribution >= 4 is 22.4 Å². The number of hydrogen-bond donors (Lipinski definition) is 1. The van der Waals surface area contributed by atoms with E-state index in [9.17, 15) is 0 Å². The second kappa shape index (κ2) is 12.1. The summed E-state index contributed by atoms with van der Waals surface area (Å²) in [7, 11) is 0. The molecule has 1 unspecified atom stereocenters. The summed E-state index contributed by atoms with van der Waals surface area (Å²) in [5.74, 6) is 1.47. The summed E-state index contributed by atoms with van der Waals surface area (Å²) in [6, 6.07) is 48.2. The van der Waals surface area contributed by atoms with Gasteiger partial charge in [-0.15, -0.1) is 5.10 Å². The first-order valence-electron chi connectivity index (χ1n) is 15.9. The molecule has 7 nitrogen and oxygen atoms in total. The fraction of sp³-hybridized carbons (Fsp3) is 0.154. The van der Waals surface area contributed by atoms with Gasteiger partial charge in [0.25, 0.3) is 0 Å². The molecular formula is C39H34N6O. The molecule has 1 aliphatic heterocycles. The van der Waals surface area contributed by atoms with E-state index < -0.39 is 5.54 Å². The van der Waals surface area contributed by atoms with Crippen molar-refractivity contribution in [2.45, 2.75) is 31.0 Å². The van der Waals surface area contributed by atoms with Gasteiger partial charge in [-0.1, -0.05) is 109 Å². The first-order chi connectivity index (χ1) is 22.8. The minimum Gasteiger partial charge on any atom is -0.358 e. The predicted molar refractivity (Wildman–Crippen MR) is 182 cm³/mol. The number of nitrogens with one attached hydrogen (secondary N) is 1. The molecule has 1 aliphatic rings. The zero-order valence-corrected chi connectivity index (χ0v) is 25.4. The Hall–Kier alpha value is -5.53. The molecule has 0 amide bonds. The maximum absolute atomic E-state index is 6.29. The van der Waals surface area contributed by atoms with Gasteiger partial charge in [0.1, 0.15) is 18.1 Å². The van der Waals surface area contributed by atoms with Crippen LogP contribution >= 0.6 is 0 Å². The van der Waals surface area contributed by atoms with Crippen molar-refractivity contribution in [3.63, 3.8) is 0 Å². The van der Waals surface area contributed by atoms with Crippen LogP contribution in [0.15, 0.2) is 146 Å². The van der Waals surface area contributed by atoms with Gasteiger partial charge in [0.05, 0.1) is 5.52 Å². The van der Waals surface area contributed by atoms with Crippen molar-refractivity contribution in [3.8, 4) is 11.4 Å². The molecule has 1 fully saturated rings. The van der Waals surface area contributed by atoms with E-state index in [1.54, 1.807) is 0 Å². The van der Waals surface area contributed by atoms with Crippen molar-refractivity contribution in [1.82, 2.24) is 25.0 Å². The Kier molecular flexibility index (Phi) is 7.36.